The van der Waals surface area contributed by atoms with Gasteiger partial charge in [0.1, 0.15) is 5.00 Å². The summed E-state index contributed by atoms with van der Waals surface area (Å²) in [5.74, 6) is 2.88. The summed E-state index contributed by atoms with van der Waals surface area (Å²) in [4.78, 5) is 14.3. The molecule has 1 fully saturated rings. The molecule has 6 heteroatoms. The van der Waals surface area contributed by atoms with E-state index in [1.54, 1.807) is 7.11 Å². The zero-order valence-electron chi connectivity index (χ0n) is 9.99. The van der Waals surface area contributed by atoms with Crippen molar-refractivity contribution in [3.63, 3.8) is 0 Å². The molecule has 17 heavy (non-hydrogen) atoms. The van der Waals surface area contributed by atoms with Gasteiger partial charge in [0.15, 0.2) is 11.5 Å². The zero-order chi connectivity index (χ0) is 12.4. The Hall–Kier alpha value is -0.880. The highest BCUT2D eigenvalue weighted by Gasteiger charge is 2.24. The lowest BCUT2D eigenvalue weighted by Crippen LogP contribution is -2.31. The molecule has 0 radical (unpaired) electrons. The van der Waals surface area contributed by atoms with Gasteiger partial charge in [-0.05, 0) is 0 Å². The molecule has 0 spiro atoms. The number of carbonyl (C=O) groups is 1. The fraction of sp³-hybridized carbons (Fsp3) is 0.545. The maximum Gasteiger partial charge on any atom is 0.177 e. The van der Waals surface area contributed by atoms with E-state index in [0.29, 0.717) is 16.3 Å². The van der Waals surface area contributed by atoms with Gasteiger partial charge in [-0.25, -0.2) is 0 Å². The average Bonchev–Trinajstić information content (AvgIpc) is 2.67. The summed E-state index contributed by atoms with van der Waals surface area (Å²) in [5.41, 5.74) is 6.44. The standard InChI is InChI=1S/C11H16N2O2S2/c1-7(14)10-8(12)9(15-2)11(17-10)13-3-5-16-6-4-13/h3-6,12H2,1-2H3. The van der Waals surface area contributed by atoms with Crippen molar-refractivity contribution in [2.45, 2.75) is 6.92 Å². The molecule has 0 saturated carbocycles. The van der Waals surface area contributed by atoms with E-state index >= 15 is 0 Å². The molecule has 1 aliphatic rings. The minimum Gasteiger partial charge on any atom is -0.492 e. The highest BCUT2D eigenvalue weighted by Crippen LogP contribution is 2.45. The molecular formula is C11H16N2O2S2. The van der Waals surface area contributed by atoms with Gasteiger partial charge in [-0.15, -0.1) is 11.3 Å². The largest absolute Gasteiger partial charge is 0.492 e. The quantitative estimate of drug-likeness (QED) is 0.854. The van der Waals surface area contributed by atoms with Gasteiger partial charge < -0.3 is 15.4 Å². The Morgan fingerprint density at radius 3 is 2.59 bits per heavy atom. The maximum atomic E-state index is 11.5. The van der Waals surface area contributed by atoms with Crippen molar-refractivity contribution >= 4 is 39.6 Å². The van der Waals surface area contributed by atoms with E-state index in [2.05, 4.69) is 4.90 Å². The van der Waals surface area contributed by atoms with Crippen LogP contribution in [0.2, 0.25) is 0 Å². The topological polar surface area (TPSA) is 55.6 Å². The molecule has 0 bridgehead atoms. The highest BCUT2D eigenvalue weighted by molar-refractivity contribution is 7.99. The molecule has 94 valence electrons. The summed E-state index contributed by atoms with van der Waals surface area (Å²) in [6.45, 7) is 3.51. The Morgan fingerprint density at radius 2 is 2.06 bits per heavy atom. The number of carbonyl (C=O) groups excluding carboxylic acids is 1. The predicted molar refractivity (Wildman–Crippen MR) is 74.8 cm³/mol. The van der Waals surface area contributed by atoms with Gasteiger partial charge in [0.2, 0.25) is 0 Å². The molecule has 0 atom stereocenters. The van der Waals surface area contributed by atoms with Crippen LogP contribution in [0.4, 0.5) is 10.7 Å². The number of Topliss-reactive ketones (excluding diaryl/α,β-unsaturated/α-hetero) is 1. The van der Waals surface area contributed by atoms with Crippen LogP contribution in [0.5, 0.6) is 5.75 Å². The summed E-state index contributed by atoms with van der Waals surface area (Å²) >= 11 is 3.39. The lowest BCUT2D eigenvalue weighted by molar-refractivity contribution is 0.102. The summed E-state index contributed by atoms with van der Waals surface area (Å²) < 4.78 is 5.34. The van der Waals surface area contributed by atoms with E-state index in [-0.39, 0.29) is 5.78 Å². The Balaban J connectivity index is 2.38. The first-order valence-corrected chi connectivity index (χ1v) is 7.42. The Morgan fingerprint density at radius 1 is 1.41 bits per heavy atom. The maximum absolute atomic E-state index is 11.5. The Bertz CT molecular complexity index is 425. The van der Waals surface area contributed by atoms with Crippen molar-refractivity contribution in [1.29, 1.82) is 0 Å². The van der Waals surface area contributed by atoms with E-state index in [1.807, 2.05) is 11.8 Å². The fourth-order valence-electron chi connectivity index (χ4n) is 1.85. The number of thiophene rings is 1. The average molecular weight is 272 g/mol. The molecule has 1 aliphatic heterocycles. The van der Waals surface area contributed by atoms with Crippen LogP contribution in [0.15, 0.2) is 0 Å². The lowest BCUT2D eigenvalue weighted by atomic mass is 10.3. The molecule has 1 saturated heterocycles. The third-order valence-electron chi connectivity index (χ3n) is 2.70. The first-order valence-electron chi connectivity index (χ1n) is 5.45. The van der Waals surface area contributed by atoms with Gasteiger partial charge in [-0.1, -0.05) is 0 Å². The second-order valence-corrected chi connectivity index (χ2v) is 6.06. The van der Waals surface area contributed by atoms with E-state index in [4.69, 9.17) is 10.5 Å². The first kappa shape index (κ1) is 12.6. The molecule has 2 heterocycles. The van der Waals surface area contributed by atoms with E-state index < -0.39 is 0 Å². The number of thioether (sulfide) groups is 1. The molecule has 1 aromatic rings. The van der Waals surface area contributed by atoms with Crippen molar-refractivity contribution in [3.05, 3.63) is 4.88 Å². The van der Waals surface area contributed by atoms with Gasteiger partial charge >= 0.3 is 0 Å². The third-order valence-corrected chi connectivity index (χ3v) is 5.00. The second kappa shape index (κ2) is 5.18. The minimum atomic E-state index is 0.00318. The number of nitrogens with two attached hydrogens (primary N) is 1. The lowest BCUT2D eigenvalue weighted by Gasteiger charge is -2.27. The zero-order valence-corrected chi connectivity index (χ0v) is 11.6. The minimum absolute atomic E-state index is 0.00318. The number of ether oxygens (including phenoxy) is 1. The van der Waals surface area contributed by atoms with Gasteiger partial charge in [0.05, 0.1) is 17.7 Å². The van der Waals surface area contributed by atoms with Crippen LogP contribution in [0, 0.1) is 0 Å². The number of ketones is 1. The number of rotatable bonds is 3. The monoisotopic (exact) mass is 272 g/mol. The fourth-order valence-corrected chi connectivity index (χ4v) is 3.89. The van der Waals surface area contributed by atoms with Crippen molar-refractivity contribution < 1.29 is 9.53 Å². The first-order chi connectivity index (χ1) is 8.15. The predicted octanol–water partition coefficient (Wildman–Crippen LogP) is 2.09. The van der Waals surface area contributed by atoms with E-state index in [9.17, 15) is 4.79 Å². The molecule has 0 aliphatic carbocycles. The Labute approximate surface area is 109 Å². The summed E-state index contributed by atoms with van der Waals surface area (Å²) in [6.07, 6.45) is 0. The number of nitrogens with zero attached hydrogens (tertiary/aromatic N) is 1. The Kier molecular flexibility index (Phi) is 3.83. The van der Waals surface area contributed by atoms with Crippen LogP contribution in [-0.4, -0.2) is 37.5 Å². The smallest absolute Gasteiger partial charge is 0.177 e. The van der Waals surface area contributed by atoms with Gasteiger partial charge in [0, 0.05) is 31.5 Å². The number of hydrogen-bond donors (Lipinski definition) is 1. The molecule has 0 amide bonds. The SMILES string of the molecule is COc1c(N2CCSCC2)sc(C(C)=O)c1N. The number of methoxy groups -OCH3 is 1. The van der Waals surface area contributed by atoms with Crippen molar-refractivity contribution in [3.8, 4) is 5.75 Å². The number of anilines is 2. The van der Waals surface area contributed by atoms with Crippen LogP contribution in [0.25, 0.3) is 0 Å². The molecule has 0 aromatic carbocycles. The molecule has 0 unspecified atom stereocenters. The summed E-state index contributed by atoms with van der Waals surface area (Å²) in [5, 5.41) is 0.996. The van der Waals surface area contributed by atoms with E-state index in [1.165, 1.54) is 18.3 Å². The molecular weight excluding hydrogens is 256 g/mol. The molecule has 4 nitrogen and oxygen atoms in total. The third kappa shape index (κ3) is 2.37. The molecule has 2 rings (SSSR count). The number of nitrogen functional groups attached to an aromatic ring is 1. The van der Waals surface area contributed by atoms with Gasteiger partial charge in [-0.3, -0.25) is 4.79 Å². The normalized spacial score (nSPS) is 16.0. The van der Waals surface area contributed by atoms with Crippen molar-refractivity contribution in [2.24, 2.45) is 0 Å². The van der Waals surface area contributed by atoms with E-state index in [0.717, 1.165) is 29.6 Å². The van der Waals surface area contributed by atoms with Crippen molar-refractivity contribution in [2.75, 3.05) is 42.3 Å². The summed E-state index contributed by atoms with van der Waals surface area (Å²) in [6, 6.07) is 0. The van der Waals surface area contributed by atoms with Gasteiger partial charge in [0.25, 0.3) is 0 Å². The number of hydrogen-bond acceptors (Lipinski definition) is 6. The van der Waals surface area contributed by atoms with Crippen LogP contribution in [0.1, 0.15) is 16.6 Å². The van der Waals surface area contributed by atoms with Crippen LogP contribution in [0.3, 0.4) is 0 Å². The molecule has 2 N–H and O–H groups in total. The van der Waals surface area contributed by atoms with Crippen LogP contribution in [-0.2, 0) is 0 Å². The van der Waals surface area contributed by atoms with Crippen LogP contribution >= 0.6 is 23.1 Å². The van der Waals surface area contributed by atoms with Crippen molar-refractivity contribution in [1.82, 2.24) is 0 Å². The highest BCUT2D eigenvalue weighted by atomic mass is 32.2. The summed E-state index contributed by atoms with van der Waals surface area (Å²) in [7, 11) is 1.60. The van der Waals surface area contributed by atoms with Gasteiger partial charge in [-0.2, -0.15) is 11.8 Å². The second-order valence-electron chi connectivity index (χ2n) is 3.84. The van der Waals surface area contributed by atoms with Crippen LogP contribution < -0.4 is 15.4 Å². The molecule has 1 aromatic heterocycles.